The maximum Gasteiger partial charge on any atom is 0.457 e. The van der Waals surface area contributed by atoms with Gasteiger partial charge in [-0.2, -0.15) is 89.3 Å². The second-order valence-corrected chi connectivity index (χ2v) is 51.5. The molecule has 6 heterocycles. The molecule has 0 aromatic rings. The number of azide groups is 3. The number of allylic oxidation sites excluding steroid dienone is 2. The number of ketones is 3. The molecule has 10 N–H and O–H groups in total. The van der Waals surface area contributed by atoms with Crippen LogP contribution in [0.4, 0.5) is 0 Å². The zero-order valence-corrected chi connectivity index (χ0v) is 88.5. The zero-order chi connectivity index (χ0) is 102. The van der Waals surface area contributed by atoms with Gasteiger partial charge >= 0.3 is 41.6 Å². The number of halogens is 4. The number of rotatable bonds is 34. The van der Waals surface area contributed by atoms with E-state index in [1.807, 2.05) is 91.9 Å². The molecule has 6 aliphatic heterocycles. The Kier molecular flexibility index (Phi) is 53.3. The van der Waals surface area contributed by atoms with Crippen LogP contribution in [0, 0.1) is 34.8 Å². The minimum Gasteiger partial charge on any atom is -0.480 e. The summed E-state index contributed by atoms with van der Waals surface area (Å²) in [6, 6.07) is 0. The number of nitrogens with two attached hydrogens (primary N) is 2. The minimum absolute atomic E-state index is 0.00480. The predicted octanol–water partition coefficient (Wildman–Crippen LogP) is 6.55. The molecule has 47 nitrogen and oxygen atoms in total. The quantitative estimate of drug-likeness (QED) is 0.00494. The maximum absolute atomic E-state index is 12.6. The number of nitrogens with zero attached hydrogens (tertiary/aromatic N) is 18. The van der Waals surface area contributed by atoms with E-state index in [4.69, 9.17) is 81.0 Å². The highest BCUT2D eigenvalue weighted by Gasteiger charge is 2.59. The highest BCUT2D eigenvalue weighted by atomic mass is 127. The SMILES string of the molecule is C=CC[C@H]1CCC[C@@]1(N=[N+]=[N-])C(C)=O.C=CC[C@H]1CN(S(=O)(=O)N(C)C)C[C@@]1(N=[N+]=[N-])C(C)=O.CC(=O)[C@]1(N=[N+]=[N-])CN(S(=O)(=O)N(C)C)C[C@@H]1CCCB1OC(C)(C)C(C)(C)O1.CN(C)S(=O)(=O)Cl.CN(C)S(=O)(=O)N1C[C@H](CCCB(O)O)[C@](N)(C(=O)O)C1.CN(C)S(=O)(=O)N1C[C@H](CCCB2OC(C)(C)C(C)(C)O2)[C@](N)(C(=O)O)C1.CNC.N=P[B]I.O=S(=O)(Cl)Cl. The summed E-state index contributed by atoms with van der Waals surface area (Å²) < 4.78 is 171. The molecule has 0 aromatic carbocycles. The fourth-order valence-corrected chi connectivity index (χ4v) is 19.3. The van der Waals surface area contributed by atoms with E-state index in [0.29, 0.717) is 72.3 Å². The molecule has 747 valence electrons. The highest BCUT2D eigenvalue weighted by Crippen LogP contribution is 2.45. The number of aliphatic carboxylic acids is 2. The largest absolute Gasteiger partial charge is 0.480 e. The van der Waals surface area contributed by atoms with E-state index in [1.165, 1.54) is 99.9 Å². The van der Waals surface area contributed by atoms with Crippen molar-refractivity contribution < 1.29 is 113 Å². The fourth-order valence-electron chi connectivity index (χ4n) is 14.5. The lowest BCUT2D eigenvalue weighted by molar-refractivity contribution is -0.145. The Balaban J connectivity index is 0. The molecule has 10 atom stereocenters. The van der Waals surface area contributed by atoms with Gasteiger partial charge in [-0.15, -0.1) is 35.5 Å². The number of carboxylic acids is 2. The number of carboxylic acid groups (broad SMARTS) is 2. The molecule has 0 spiro atoms. The van der Waals surface area contributed by atoms with E-state index in [-0.39, 0.29) is 96.2 Å². The van der Waals surface area contributed by atoms with E-state index >= 15 is 0 Å². The molecule has 1 saturated carbocycles. The van der Waals surface area contributed by atoms with E-state index in [1.54, 1.807) is 17.0 Å². The van der Waals surface area contributed by atoms with Crippen LogP contribution in [0.15, 0.2) is 40.7 Å². The number of hydrogen-bond acceptors (Lipinski definition) is 30. The van der Waals surface area contributed by atoms with Crippen LogP contribution in [-0.4, -0.2) is 352 Å². The Hall–Kier alpha value is -3.70. The van der Waals surface area contributed by atoms with Crippen LogP contribution < -0.4 is 16.8 Å². The van der Waals surface area contributed by atoms with Gasteiger partial charge in [-0.3, -0.25) is 29.1 Å². The van der Waals surface area contributed by atoms with Gasteiger partial charge in [-0.25, -0.2) is 0 Å². The summed E-state index contributed by atoms with van der Waals surface area (Å²) in [4.78, 5) is 69.3. The van der Waals surface area contributed by atoms with Crippen LogP contribution in [-0.2, 0) is 101 Å². The summed E-state index contributed by atoms with van der Waals surface area (Å²) in [7, 11) is 7.48. The lowest BCUT2D eigenvalue weighted by Crippen LogP contribution is -2.55. The van der Waals surface area contributed by atoms with Crippen molar-refractivity contribution in [2.45, 2.75) is 216 Å². The molecule has 7 aliphatic rings. The molecular formula is C68H134B4Cl3IN22O25PS6. The number of Topliss-reactive ketones (excluding diaryl/α,β-unsaturated/α-hetero) is 3. The van der Waals surface area contributed by atoms with Crippen molar-refractivity contribution in [1.29, 1.82) is 5.16 Å². The number of nitrogens with one attached hydrogen (secondary N) is 2. The number of carbonyl (C=O) groups excluding carboxylic acids is 3. The molecule has 130 heavy (non-hydrogen) atoms. The smallest absolute Gasteiger partial charge is 0.457 e. The van der Waals surface area contributed by atoms with Crippen molar-refractivity contribution in [3.8, 4) is 0 Å². The lowest BCUT2D eigenvalue weighted by Gasteiger charge is -2.32. The Bertz CT molecular complexity index is 4630. The van der Waals surface area contributed by atoms with E-state index < -0.39 is 151 Å². The van der Waals surface area contributed by atoms with Crippen LogP contribution in [0.5, 0.6) is 0 Å². The molecule has 6 saturated heterocycles. The van der Waals surface area contributed by atoms with E-state index in [9.17, 15) is 76.3 Å². The maximum atomic E-state index is 12.6. The second kappa shape index (κ2) is 54.0. The van der Waals surface area contributed by atoms with Crippen LogP contribution in [0.2, 0.25) is 19.0 Å². The Morgan fingerprint density at radius 1 is 0.538 bits per heavy atom. The van der Waals surface area contributed by atoms with Crippen LogP contribution in [0.1, 0.15) is 147 Å². The zero-order valence-electron chi connectivity index (χ0n) is 78.3. The summed E-state index contributed by atoms with van der Waals surface area (Å²) >= 11 is 2.03. The van der Waals surface area contributed by atoms with Crippen molar-refractivity contribution in [2.24, 2.45) is 56.4 Å². The van der Waals surface area contributed by atoms with Gasteiger partial charge in [-0.1, -0.05) is 53.2 Å². The standard InChI is InChI=1S/C17H32BN5O5S.C16H32BN3O6S.C11H19N5O3S.C10H22BN3O6S.C10H15N3O.C2H6ClNO2S.C2H7N.BHINP.Cl2O2S/c1-13(24)17(20-21-19)12-23(29(25,26)22(6)7)11-14(17)9-8-10-18-27-15(2,3)16(4,5)28-18;1-14(2)15(3,4)26-17(25-14)9-7-8-12-10-20(27(23,24)19(5)6)11-16(12,18)13(21)22;1-5-6-10-7-16(20(18,19)15(3)4)8-11(10,9(2)17)13-14-12;1-13(2)21(19,20)14-6-8(4-3-5-11(17)18)10(12,7-14)9(15)16;1-3-5-9-6-4-7-10(9,8(2)14)12-13-11;1-4(2)7(3,5)6;1-3-2;2-1-4-3;1-5(2,3)4/h14H,8-12H2,1-7H3;12H,7-11,18H2,1-6H3,(H,21,22);5,10H,1,6-8H2,2-4H3;8,17-18H,3-7,12H2,1-2H3,(H,15,16);3,9H,1,4-7H2,2H3;1-2H3;3H,1-2H3;3H;/t14-,17+;12-,16-;10-,11+;8-,10-;9-,10+;;;;/m00000..../s1. The third-order valence-corrected chi connectivity index (χ3v) is 33.5. The molecule has 0 bridgehead atoms. The topological polar surface area (TPSA) is 671 Å². The summed E-state index contributed by atoms with van der Waals surface area (Å²) in [5, 5.41) is 56.8. The van der Waals surface area contributed by atoms with Gasteiger partial charge in [-0.05, 0) is 197 Å². The molecule has 1 aliphatic carbocycles. The summed E-state index contributed by atoms with van der Waals surface area (Å²) in [5.74, 6) is -4.83. The molecule has 0 unspecified atom stereocenters. The summed E-state index contributed by atoms with van der Waals surface area (Å²) in [6.45, 7) is 26.8. The normalized spacial score (nSPS) is 26.4. The monoisotopic (exact) mass is 2160 g/mol. The van der Waals surface area contributed by atoms with E-state index in [0.717, 1.165) is 49.4 Å². The molecule has 0 amide bonds. The molecule has 7 fully saturated rings. The van der Waals surface area contributed by atoms with Gasteiger partial charge < -0.3 is 55.7 Å². The first-order chi connectivity index (χ1) is 59.0. The van der Waals surface area contributed by atoms with Crippen molar-refractivity contribution >= 4 is 177 Å². The minimum atomic E-state index is -3.73. The molecule has 7 rings (SSSR count). The molecule has 1 radical (unpaired) electrons. The third-order valence-electron chi connectivity index (χ3n) is 23.4. The molecular weight excluding hydrogens is 2020 g/mol. The van der Waals surface area contributed by atoms with E-state index in [2.05, 4.69) is 69.9 Å². The Morgan fingerprint density at radius 2 is 0.792 bits per heavy atom. The first kappa shape index (κ1) is 128. The predicted molar refractivity (Wildman–Crippen MR) is 512 cm³/mol. The Labute approximate surface area is 798 Å². The first-order valence-corrected chi connectivity index (χ1v) is 53.6. The van der Waals surface area contributed by atoms with Crippen LogP contribution in [0.25, 0.3) is 31.3 Å². The second-order valence-electron chi connectivity index (χ2n) is 34.4. The average molecular weight is 2160 g/mol. The van der Waals surface area contributed by atoms with Gasteiger partial charge in [0.25, 0.3) is 54.9 Å². The van der Waals surface area contributed by atoms with Gasteiger partial charge in [0.1, 0.15) is 45.0 Å². The summed E-state index contributed by atoms with van der Waals surface area (Å²) in [6.07, 6.45) is 11.3. The van der Waals surface area contributed by atoms with Gasteiger partial charge in [0, 0.05) is 181 Å². The van der Waals surface area contributed by atoms with Crippen molar-refractivity contribution in [3.05, 3.63) is 56.6 Å². The van der Waals surface area contributed by atoms with Gasteiger partial charge in [0.15, 0.2) is 0 Å². The average Bonchev–Trinajstić information content (AvgIpc) is 1.51. The highest BCUT2D eigenvalue weighted by molar-refractivity contribution is 14.1. The van der Waals surface area contributed by atoms with Crippen molar-refractivity contribution in [2.75, 3.05) is 137 Å². The van der Waals surface area contributed by atoms with Gasteiger partial charge in [0.05, 0.1) is 22.4 Å². The number of carbonyl (C=O) groups is 5. The van der Waals surface area contributed by atoms with Crippen molar-refractivity contribution in [3.63, 3.8) is 0 Å². The third kappa shape index (κ3) is 36.3. The lowest BCUT2D eigenvalue weighted by atomic mass is 9.77. The van der Waals surface area contributed by atoms with Crippen LogP contribution >= 0.6 is 62.7 Å². The van der Waals surface area contributed by atoms with Crippen LogP contribution in [0.3, 0.4) is 0 Å². The molecule has 0 aromatic heterocycles. The summed E-state index contributed by atoms with van der Waals surface area (Å²) in [5.41, 5.74) is 29.8. The first-order valence-electron chi connectivity index (χ1n) is 40.4. The molecule has 62 heteroatoms. The Morgan fingerprint density at radius 3 is 1.05 bits per heavy atom. The van der Waals surface area contributed by atoms with Crippen molar-refractivity contribution in [1.82, 2.24) is 44.1 Å². The fraction of sp³-hybridized carbons (Fsp3) is 0.868. The number of hydrogen-bond donors (Lipinski definition) is 8. The van der Waals surface area contributed by atoms with Gasteiger partial charge in [0.2, 0.25) is 0 Å².